The van der Waals surface area contributed by atoms with Crippen LogP contribution in [0, 0.1) is 0 Å². The summed E-state index contributed by atoms with van der Waals surface area (Å²) in [4.78, 5) is 1.95. The van der Waals surface area contributed by atoms with Crippen molar-refractivity contribution in [2.45, 2.75) is 12.7 Å². The van der Waals surface area contributed by atoms with Gasteiger partial charge in [0.1, 0.15) is 0 Å². The van der Waals surface area contributed by atoms with Gasteiger partial charge < -0.3 is 10.6 Å². The molecule has 106 valence electrons. The van der Waals surface area contributed by atoms with Gasteiger partial charge in [-0.25, -0.2) is 0 Å². The second-order valence-electron chi connectivity index (χ2n) is 4.38. The number of nitrogens with zero attached hydrogens (tertiary/aromatic N) is 1. The molecule has 1 heterocycles. The lowest BCUT2D eigenvalue weighted by Crippen LogP contribution is -2.38. The molecule has 0 radical (unpaired) electrons. The first kappa shape index (κ1) is 14.3. The Morgan fingerprint density at radius 2 is 1.89 bits per heavy atom. The SMILES string of the molecule is NCc1cc(C(F)(F)F)ccc1N1CCS(=O)CC1. The van der Waals surface area contributed by atoms with Crippen LogP contribution >= 0.6 is 0 Å². The quantitative estimate of drug-likeness (QED) is 0.903. The van der Waals surface area contributed by atoms with E-state index in [4.69, 9.17) is 5.73 Å². The van der Waals surface area contributed by atoms with E-state index in [2.05, 4.69) is 0 Å². The molecular formula is C12H15F3N2OS. The maximum Gasteiger partial charge on any atom is 0.416 e. The van der Waals surface area contributed by atoms with Crippen LogP contribution in [0.25, 0.3) is 0 Å². The summed E-state index contributed by atoms with van der Waals surface area (Å²) in [5.74, 6) is 1.09. The van der Waals surface area contributed by atoms with Crippen molar-refractivity contribution < 1.29 is 17.4 Å². The van der Waals surface area contributed by atoms with Crippen molar-refractivity contribution >= 4 is 16.5 Å². The Morgan fingerprint density at radius 3 is 2.42 bits per heavy atom. The van der Waals surface area contributed by atoms with Crippen molar-refractivity contribution in [1.29, 1.82) is 0 Å². The van der Waals surface area contributed by atoms with Gasteiger partial charge in [-0.05, 0) is 23.8 Å². The number of anilines is 1. The minimum absolute atomic E-state index is 0.0544. The summed E-state index contributed by atoms with van der Waals surface area (Å²) in [6.07, 6.45) is -4.36. The number of halogens is 3. The van der Waals surface area contributed by atoms with Crippen molar-refractivity contribution in [3.05, 3.63) is 29.3 Å². The summed E-state index contributed by atoms with van der Waals surface area (Å²) in [6.45, 7) is 1.23. The molecule has 2 N–H and O–H groups in total. The Balaban J connectivity index is 2.28. The molecule has 1 saturated heterocycles. The Kier molecular flexibility index (Phi) is 4.15. The Bertz CT molecular complexity index is 480. The second kappa shape index (κ2) is 5.50. The smallest absolute Gasteiger partial charge is 0.369 e. The molecule has 0 saturated carbocycles. The largest absolute Gasteiger partial charge is 0.416 e. The Labute approximate surface area is 112 Å². The number of nitrogens with two attached hydrogens (primary N) is 1. The maximum absolute atomic E-state index is 12.6. The van der Waals surface area contributed by atoms with Gasteiger partial charge in [-0.15, -0.1) is 0 Å². The van der Waals surface area contributed by atoms with E-state index in [1.807, 2.05) is 4.90 Å². The summed E-state index contributed by atoms with van der Waals surface area (Å²) in [6, 6.07) is 3.63. The molecule has 0 unspecified atom stereocenters. The molecular weight excluding hydrogens is 277 g/mol. The molecule has 2 rings (SSSR count). The van der Waals surface area contributed by atoms with E-state index in [0.717, 1.165) is 12.1 Å². The lowest BCUT2D eigenvalue weighted by atomic mass is 10.1. The van der Waals surface area contributed by atoms with Gasteiger partial charge in [0.15, 0.2) is 0 Å². The average Bonchev–Trinajstić information content (AvgIpc) is 2.38. The summed E-state index contributed by atoms with van der Waals surface area (Å²) in [7, 11) is -0.815. The van der Waals surface area contributed by atoms with E-state index < -0.39 is 22.5 Å². The number of alkyl halides is 3. The topological polar surface area (TPSA) is 46.3 Å². The maximum atomic E-state index is 12.6. The van der Waals surface area contributed by atoms with E-state index >= 15 is 0 Å². The van der Waals surface area contributed by atoms with Crippen LogP contribution in [0.3, 0.4) is 0 Å². The summed E-state index contributed by atoms with van der Waals surface area (Å²) >= 11 is 0. The minimum Gasteiger partial charge on any atom is -0.369 e. The zero-order chi connectivity index (χ0) is 14.0. The van der Waals surface area contributed by atoms with Crippen LogP contribution in [0.15, 0.2) is 18.2 Å². The summed E-state index contributed by atoms with van der Waals surface area (Å²) in [5, 5.41) is 0. The number of hydrogen-bond donors (Lipinski definition) is 1. The molecule has 1 aliphatic rings. The van der Waals surface area contributed by atoms with Crippen molar-refractivity contribution in [3.63, 3.8) is 0 Å². The van der Waals surface area contributed by atoms with Crippen molar-refractivity contribution in [3.8, 4) is 0 Å². The molecule has 0 amide bonds. The highest BCUT2D eigenvalue weighted by atomic mass is 32.2. The van der Waals surface area contributed by atoms with Crippen LogP contribution in [-0.4, -0.2) is 28.8 Å². The van der Waals surface area contributed by atoms with Crippen LogP contribution in [0.1, 0.15) is 11.1 Å². The van der Waals surface area contributed by atoms with Crippen molar-refractivity contribution in [1.82, 2.24) is 0 Å². The average molecular weight is 292 g/mol. The highest BCUT2D eigenvalue weighted by Crippen LogP contribution is 2.33. The zero-order valence-electron chi connectivity index (χ0n) is 10.2. The van der Waals surface area contributed by atoms with E-state index in [0.29, 0.717) is 35.8 Å². The molecule has 0 atom stereocenters. The number of rotatable bonds is 2. The fourth-order valence-corrected chi connectivity index (χ4v) is 3.16. The third kappa shape index (κ3) is 3.27. The predicted molar refractivity (Wildman–Crippen MR) is 69.4 cm³/mol. The molecule has 0 aromatic heterocycles. The highest BCUT2D eigenvalue weighted by Gasteiger charge is 2.31. The fraction of sp³-hybridized carbons (Fsp3) is 0.500. The van der Waals surface area contributed by atoms with Gasteiger partial charge in [-0.1, -0.05) is 0 Å². The van der Waals surface area contributed by atoms with Crippen LogP contribution in [0.2, 0.25) is 0 Å². The van der Waals surface area contributed by atoms with Gasteiger partial charge in [0.25, 0.3) is 0 Å². The Hall–Kier alpha value is -1.08. The standard InChI is InChI=1S/C12H15F3N2OS/c13-12(14,15)10-1-2-11(9(7-10)8-16)17-3-5-19(18)6-4-17/h1-2,7H,3-6,8,16H2. The minimum atomic E-state index is -4.36. The van der Waals surface area contributed by atoms with Crippen LogP contribution in [0.5, 0.6) is 0 Å². The lowest BCUT2D eigenvalue weighted by Gasteiger charge is -2.30. The zero-order valence-corrected chi connectivity index (χ0v) is 11.1. The molecule has 0 spiro atoms. The highest BCUT2D eigenvalue weighted by molar-refractivity contribution is 7.85. The van der Waals surface area contributed by atoms with Crippen LogP contribution in [-0.2, 0) is 23.5 Å². The van der Waals surface area contributed by atoms with E-state index in [-0.39, 0.29) is 6.54 Å². The number of hydrogen-bond acceptors (Lipinski definition) is 3. The normalized spacial score (nSPS) is 17.8. The van der Waals surface area contributed by atoms with Crippen molar-refractivity contribution in [2.75, 3.05) is 29.5 Å². The fourth-order valence-electron chi connectivity index (χ4n) is 2.11. The molecule has 1 aliphatic heterocycles. The molecule has 1 aromatic carbocycles. The molecule has 7 heteroatoms. The van der Waals surface area contributed by atoms with E-state index in [1.165, 1.54) is 6.07 Å². The molecule has 1 aromatic rings. The second-order valence-corrected chi connectivity index (χ2v) is 6.08. The third-order valence-electron chi connectivity index (χ3n) is 3.15. The first-order chi connectivity index (χ1) is 8.91. The van der Waals surface area contributed by atoms with Gasteiger partial charge in [0.05, 0.1) is 5.56 Å². The predicted octanol–water partition coefficient (Wildman–Crippen LogP) is 1.73. The van der Waals surface area contributed by atoms with Gasteiger partial charge >= 0.3 is 6.18 Å². The molecule has 3 nitrogen and oxygen atoms in total. The van der Waals surface area contributed by atoms with E-state index in [9.17, 15) is 17.4 Å². The molecule has 0 bridgehead atoms. The van der Waals surface area contributed by atoms with Crippen LogP contribution < -0.4 is 10.6 Å². The first-order valence-electron chi connectivity index (χ1n) is 5.92. The van der Waals surface area contributed by atoms with Crippen molar-refractivity contribution in [2.24, 2.45) is 5.73 Å². The Morgan fingerprint density at radius 1 is 1.26 bits per heavy atom. The van der Waals surface area contributed by atoms with Gasteiger partial charge in [0, 0.05) is 47.6 Å². The van der Waals surface area contributed by atoms with Gasteiger partial charge in [-0.2, -0.15) is 13.2 Å². The first-order valence-corrected chi connectivity index (χ1v) is 7.40. The van der Waals surface area contributed by atoms with Crippen LogP contribution in [0.4, 0.5) is 18.9 Å². The van der Waals surface area contributed by atoms with Gasteiger partial charge in [0.2, 0.25) is 0 Å². The number of benzene rings is 1. The molecule has 1 fully saturated rings. The molecule has 19 heavy (non-hydrogen) atoms. The monoisotopic (exact) mass is 292 g/mol. The van der Waals surface area contributed by atoms with E-state index in [1.54, 1.807) is 0 Å². The third-order valence-corrected chi connectivity index (χ3v) is 4.42. The molecule has 0 aliphatic carbocycles. The summed E-state index contributed by atoms with van der Waals surface area (Å²) < 4.78 is 49.2. The summed E-state index contributed by atoms with van der Waals surface area (Å²) in [5.41, 5.74) is 6.05. The lowest BCUT2D eigenvalue weighted by molar-refractivity contribution is -0.137. The van der Waals surface area contributed by atoms with Gasteiger partial charge in [-0.3, -0.25) is 4.21 Å².